The molecular weight excluding hydrogens is 123 g/mol. The van der Waals surface area contributed by atoms with Gasteiger partial charge in [0.05, 0.1) is 0 Å². The van der Waals surface area contributed by atoms with Crippen LogP contribution in [0.3, 0.4) is 0 Å². The van der Waals surface area contributed by atoms with Crippen molar-refractivity contribution in [3.05, 3.63) is 24.5 Å². The number of hydrogen-bond donors (Lipinski definition) is 1. The number of nitrogens with zero attached hydrogens (tertiary/aromatic N) is 1. The molecule has 1 heterocycles. The summed E-state index contributed by atoms with van der Waals surface area (Å²) in [6.07, 6.45) is 3.35. The topological polar surface area (TPSA) is 24.9 Å². The Balaban J connectivity index is 0.000000371. The lowest BCUT2D eigenvalue weighted by molar-refractivity contribution is 1.33. The van der Waals surface area contributed by atoms with E-state index in [2.05, 4.69) is 10.2 Å². The van der Waals surface area contributed by atoms with Crippen molar-refractivity contribution >= 4 is 13.7 Å². The molecule has 0 unspecified atom stereocenters. The lowest BCUT2D eigenvalue weighted by atomic mass is 10.3. The van der Waals surface area contributed by atoms with Crippen LogP contribution in [-0.2, 0) is 0 Å². The molecule has 1 N–H and O–H groups in total. The SMILES string of the molecule is CC.[B]Nc1ccncc1. The summed E-state index contributed by atoms with van der Waals surface area (Å²) in [5.41, 5.74) is 0.875. The Hall–Kier alpha value is -0.985. The molecule has 0 atom stereocenters. The van der Waals surface area contributed by atoms with Gasteiger partial charge in [0, 0.05) is 18.1 Å². The third-order valence-corrected chi connectivity index (χ3v) is 0.847. The smallest absolute Gasteiger partial charge is 0.222 e. The summed E-state index contributed by atoms with van der Waals surface area (Å²) < 4.78 is 0. The van der Waals surface area contributed by atoms with Gasteiger partial charge in [-0.15, -0.1) is 0 Å². The fourth-order valence-corrected chi connectivity index (χ4v) is 0.448. The molecule has 0 saturated carbocycles. The van der Waals surface area contributed by atoms with Crippen LogP contribution in [0.2, 0.25) is 0 Å². The van der Waals surface area contributed by atoms with Gasteiger partial charge in [-0.3, -0.25) is 4.98 Å². The predicted octanol–water partition coefficient (Wildman–Crippen LogP) is 1.60. The fourth-order valence-electron chi connectivity index (χ4n) is 0.448. The molecule has 2 radical (unpaired) electrons. The van der Waals surface area contributed by atoms with Gasteiger partial charge in [-0.25, -0.2) is 0 Å². The molecule has 0 fully saturated rings. The van der Waals surface area contributed by atoms with E-state index in [-0.39, 0.29) is 0 Å². The van der Waals surface area contributed by atoms with Crippen LogP contribution in [0.4, 0.5) is 5.69 Å². The Labute approximate surface area is 63.1 Å². The van der Waals surface area contributed by atoms with E-state index in [0.29, 0.717) is 0 Å². The summed E-state index contributed by atoms with van der Waals surface area (Å²) in [5.74, 6) is 0. The van der Waals surface area contributed by atoms with Gasteiger partial charge in [0.1, 0.15) is 0 Å². The van der Waals surface area contributed by atoms with E-state index >= 15 is 0 Å². The summed E-state index contributed by atoms with van der Waals surface area (Å²) >= 11 is 0. The second kappa shape index (κ2) is 6.14. The van der Waals surface area contributed by atoms with E-state index in [1.165, 1.54) is 0 Å². The van der Waals surface area contributed by atoms with Gasteiger partial charge in [-0.1, -0.05) is 13.8 Å². The number of rotatable bonds is 1. The maximum Gasteiger partial charge on any atom is 0.222 e. The number of hydrogen-bond acceptors (Lipinski definition) is 2. The molecule has 1 rings (SSSR count). The quantitative estimate of drug-likeness (QED) is 0.590. The molecule has 0 bridgehead atoms. The second-order valence-corrected chi connectivity index (χ2v) is 1.38. The molecule has 0 saturated heterocycles. The molecule has 1 aromatic heterocycles. The molecule has 0 amide bonds. The monoisotopic (exact) mass is 134 g/mol. The highest BCUT2D eigenvalue weighted by atomic mass is 14.7. The lowest BCUT2D eigenvalue weighted by Gasteiger charge is -1.93. The van der Waals surface area contributed by atoms with Crippen LogP contribution >= 0.6 is 0 Å². The average molecular weight is 134 g/mol. The van der Waals surface area contributed by atoms with E-state index in [1.807, 2.05) is 13.8 Å². The summed E-state index contributed by atoms with van der Waals surface area (Å²) in [6.45, 7) is 4.00. The molecule has 0 aliphatic heterocycles. The Kier molecular flexibility index (Phi) is 5.53. The second-order valence-electron chi connectivity index (χ2n) is 1.38. The maximum atomic E-state index is 5.07. The summed E-state index contributed by atoms with van der Waals surface area (Å²) in [4.78, 5) is 3.80. The highest BCUT2D eigenvalue weighted by Crippen LogP contribution is 1.98. The van der Waals surface area contributed by atoms with Crippen molar-refractivity contribution in [2.75, 3.05) is 5.23 Å². The van der Waals surface area contributed by atoms with Crippen LogP contribution in [0.5, 0.6) is 0 Å². The maximum absolute atomic E-state index is 5.07. The van der Waals surface area contributed by atoms with Gasteiger partial charge in [-0.05, 0) is 12.1 Å². The zero-order valence-corrected chi connectivity index (χ0v) is 6.33. The van der Waals surface area contributed by atoms with Crippen LogP contribution in [0.25, 0.3) is 0 Å². The summed E-state index contributed by atoms with van der Waals surface area (Å²) in [5, 5.41) is 2.49. The van der Waals surface area contributed by atoms with E-state index in [9.17, 15) is 0 Å². The van der Waals surface area contributed by atoms with Crippen LogP contribution < -0.4 is 5.23 Å². The molecule has 52 valence electrons. The minimum Gasteiger partial charge on any atom is -0.437 e. The highest BCUT2D eigenvalue weighted by Gasteiger charge is 1.78. The van der Waals surface area contributed by atoms with E-state index in [0.717, 1.165) is 5.69 Å². The third-order valence-electron chi connectivity index (χ3n) is 0.847. The number of pyridine rings is 1. The molecule has 0 spiro atoms. The largest absolute Gasteiger partial charge is 0.437 e. The first-order valence-corrected chi connectivity index (χ1v) is 3.30. The minimum atomic E-state index is 0.875. The average Bonchev–Trinajstić information content (AvgIpc) is 2.10. The third kappa shape index (κ3) is 3.12. The molecule has 10 heavy (non-hydrogen) atoms. The van der Waals surface area contributed by atoms with Crippen molar-refractivity contribution in [3.8, 4) is 0 Å². The van der Waals surface area contributed by atoms with Gasteiger partial charge in [0.2, 0.25) is 7.98 Å². The molecule has 2 nitrogen and oxygen atoms in total. The van der Waals surface area contributed by atoms with E-state index in [1.54, 1.807) is 24.5 Å². The van der Waals surface area contributed by atoms with Crippen LogP contribution in [0.1, 0.15) is 13.8 Å². The molecule has 0 aliphatic carbocycles. The van der Waals surface area contributed by atoms with Crippen molar-refractivity contribution in [2.24, 2.45) is 0 Å². The zero-order chi connectivity index (χ0) is 7.82. The molecular formula is C7H11BN2. The molecule has 0 aliphatic rings. The fraction of sp³-hybridized carbons (Fsp3) is 0.286. The van der Waals surface area contributed by atoms with Crippen LogP contribution in [0, 0.1) is 0 Å². The van der Waals surface area contributed by atoms with Gasteiger partial charge < -0.3 is 5.23 Å². The first-order chi connectivity index (χ1) is 4.93. The Bertz CT molecular complexity index is 153. The van der Waals surface area contributed by atoms with E-state index < -0.39 is 0 Å². The van der Waals surface area contributed by atoms with Gasteiger partial charge >= 0.3 is 0 Å². The predicted molar refractivity (Wildman–Crippen MR) is 45.0 cm³/mol. The first kappa shape index (κ1) is 9.01. The minimum absolute atomic E-state index is 0.875. The molecule has 1 aromatic rings. The first-order valence-electron chi connectivity index (χ1n) is 3.30. The summed E-state index contributed by atoms with van der Waals surface area (Å²) in [7, 11) is 5.07. The van der Waals surface area contributed by atoms with Crippen molar-refractivity contribution in [1.29, 1.82) is 0 Å². The number of aromatic nitrogens is 1. The number of anilines is 1. The Morgan fingerprint density at radius 1 is 1.30 bits per heavy atom. The number of nitrogens with one attached hydrogen (secondary N) is 1. The van der Waals surface area contributed by atoms with Gasteiger partial charge in [0.25, 0.3) is 0 Å². The normalized spacial score (nSPS) is 7.40. The van der Waals surface area contributed by atoms with Gasteiger partial charge in [0.15, 0.2) is 0 Å². The lowest BCUT2D eigenvalue weighted by Crippen LogP contribution is -1.88. The van der Waals surface area contributed by atoms with Crippen molar-refractivity contribution in [2.45, 2.75) is 13.8 Å². The summed E-state index contributed by atoms with van der Waals surface area (Å²) in [6, 6.07) is 3.58. The Morgan fingerprint density at radius 3 is 2.10 bits per heavy atom. The Morgan fingerprint density at radius 2 is 1.80 bits per heavy atom. The van der Waals surface area contributed by atoms with Gasteiger partial charge in [-0.2, -0.15) is 0 Å². The van der Waals surface area contributed by atoms with Crippen LogP contribution in [0.15, 0.2) is 24.5 Å². The highest BCUT2D eigenvalue weighted by molar-refractivity contribution is 6.15. The van der Waals surface area contributed by atoms with Crippen molar-refractivity contribution in [1.82, 2.24) is 4.98 Å². The van der Waals surface area contributed by atoms with Crippen LogP contribution in [-0.4, -0.2) is 13.0 Å². The zero-order valence-electron chi connectivity index (χ0n) is 6.33. The van der Waals surface area contributed by atoms with E-state index in [4.69, 9.17) is 7.98 Å². The van der Waals surface area contributed by atoms with Crippen molar-refractivity contribution < 1.29 is 0 Å². The molecule has 0 aromatic carbocycles. The molecule has 3 heteroatoms. The standard InChI is InChI=1S/C5H5BN2.C2H6/c6-8-5-1-3-7-4-2-5;1-2/h1-4H,(H,7,8);1-2H3. The van der Waals surface area contributed by atoms with Crippen molar-refractivity contribution in [3.63, 3.8) is 0 Å².